The van der Waals surface area contributed by atoms with Crippen LogP contribution in [-0.2, 0) is 0 Å². The van der Waals surface area contributed by atoms with E-state index in [0.29, 0.717) is 16.4 Å². The van der Waals surface area contributed by atoms with Gasteiger partial charge < -0.3 is 5.32 Å². The summed E-state index contributed by atoms with van der Waals surface area (Å²) in [5.41, 5.74) is 3.07. The average molecular weight is 313 g/mol. The zero-order chi connectivity index (χ0) is 15.5. The second-order valence-corrected chi connectivity index (χ2v) is 5.17. The van der Waals surface area contributed by atoms with E-state index in [2.05, 4.69) is 15.4 Å². The fraction of sp³-hybridized carbons (Fsp3) is 0.0625. The number of pyridine rings is 1. The van der Waals surface area contributed by atoms with Gasteiger partial charge in [0.2, 0.25) is 0 Å². The smallest absolute Gasteiger partial charge is 0.258 e. The molecular formula is C16H13ClN4O. The molecule has 0 saturated carbocycles. The van der Waals surface area contributed by atoms with Gasteiger partial charge in [0.15, 0.2) is 0 Å². The van der Waals surface area contributed by atoms with Crippen LogP contribution >= 0.6 is 11.6 Å². The molecule has 0 aliphatic carbocycles. The number of aryl methyl sites for hydroxylation is 1. The first-order chi connectivity index (χ1) is 10.6. The van der Waals surface area contributed by atoms with Crippen LogP contribution in [0.1, 0.15) is 15.9 Å². The van der Waals surface area contributed by atoms with Crippen LogP contribution in [0.15, 0.2) is 55.0 Å². The van der Waals surface area contributed by atoms with Crippen LogP contribution in [0, 0.1) is 6.92 Å². The van der Waals surface area contributed by atoms with Gasteiger partial charge in [0.1, 0.15) is 5.15 Å². The predicted molar refractivity (Wildman–Crippen MR) is 85.5 cm³/mol. The maximum absolute atomic E-state index is 12.2. The first-order valence-corrected chi connectivity index (χ1v) is 7.05. The van der Waals surface area contributed by atoms with E-state index >= 15 is 0 Å². The van der Waals surface area contributed by atoms with Crippen LogP contribution < -0.4 is 5.32 Å². The lowest BCUT2D eigenvalue weighted by atomic mass is 10.2. The Morgan fingerprint density at radius 3 is 2.73 bits per heavy atom. The highest BCUT2D eigenvalue weighted by Gasteiger charge is 2.10. The molecule has 3 aromatic rings. The molecule has 5 nitrogen and oxygen atoms in total. The topological polar surface area (TPSA) is 59.8 Å². The van der Waals surface area contributed by atoms with Crippen LogP contribution in [-0.4, -0.2) is 20.7 Å². The third-order valence-electron chi connectivity index (χ3n) is 3.19. The van der Waals surface area contributed by atoms with Gasteiger partial charge in [-0.25, -0.2) is 9.67 Å². The first-order valence-electron chi connectivity index (χ1n) is 6.67. The zero-order valence-corrected chi connectivity index (χ0v) is 12.6. The lowest BCUT2D eigenvalue weighted by Crippen LogP contribution is -2.11. The largest absolute Gasteiger partial charge is 0.320 e. The van der Waals surface area contributed by atoms with Crippen LogP contribution in [0.2, 0.25) is 5.15 Å². The molecule has 22 heavy (non-hydrogen) atoms. The Morgan fingerprint density at radius 2 is 2.00 bits per heavy atom. The lowest BCUT2D eigenvalue weighted by molar-refractivity contribution is 0.102. The fourth-order valence-electron chi connectivity index (χ4n) is 2.05. The number of nitrogens with zero attached hydrogens (tertiary/aromatic N) is 3. The maximum Gasteiger partial charge on any atom is 0.258 e. The van der Waals surface area contributed by atoms with Crippen molar-refractivity contribution in [1.82, 2.24) is 14.8 Å². The summed E-state index contributed by atoms with van der Waals surface area (Å²) in [5.74, 6) is -0.246. The molecule has 0 aliphatic heterocycles. The molecule has 1 N–H and O–H groups in total. The van der Waals surface area contributed by atoms with Crippen molar-refractivity contribution in [3.8, 4) is 5.69 Å². The van der Waals surface area contributed by atoms with Crippen molar-refractivity contribution in [2.75, 3.05) is 5.32 Å². The summed E-state index contributed by atoms with van der Waals surface area (Å²) in [6, 6.07) is 11.2. The van der Waals surface area contributed by atoms with Crippen LogP contribution in [0.4, 0.5) is 5.69 Å². The van der Waals surface area contributed by atoms with Gasteiger partial charge in [0.05, 0.1) is 29.3 Å². The number of halogens is 1. The molecule has 2 aromatic heterocycles. The normalized spacial score (nSPS) is 10.5. The number of carbonyl (C=O) groups is 1. The van der Waals surface area contributed by atoms with Crippen molar-refractivity contribution in [1.29, 1.82) is 0 Å². The second kappa shape index (κ2) is 5.99. The molecule has 110 valence electrons. The molecule has 0 spiro atoms. The Balaban J connectivity index is 1.80. The number of anilines is 1. The Hall–Kier alpha value is -2.66. The molecule has 6 heteroatoms. The van der Waals surface area contributed by atoms with Gasteiger partial charge >= 0.3 is 0 Å². The van der Waals surface area contributed by atoms with Crippen molar-refractivity contribution in [3.63, 3.8) is 0 Å². The molecule has 2 heterocycles. The van der Waals surface area contributed by atoms with E-state index in [4.69, 9.17) is 11.6 Å². The number of para-hydroxylation sites is 1. The molecule has 0 aliphatic rings. The summed E-state index contributed by atoms with van der Waals surface area (Å²) in [6.07, 6.45) is 4.73. The zero-order valence-electron chi connectivity index (χ0n) is 11.8. The molecule has 0 unspecified atom stereocenters. The molecule has 0 atom stereocenters. The predicted octanol–water partition coefficient (Wildman–Crippen LogP) is 3.48. The monoisotopic (exact) mass is 312 g/mol. The van der Waals surface area contributed by atoms with Crippen molar-refractivity contribution in [3.05, 3.63) is 71.3 Å². The van der Waals surface area contributed by atoms with Crippen molar-refractivity contribution in [2.45, 2.75) is 6.92 Å². The molecule has 0 fully saturated rings. The van der Waals surface area contributed by atoms with Crippen LogP contribution in [0.25, 0.3) is 5.69 Å². The quantitative estimate of drug-likeness (QED) is 0.753. The van der Waals surface area contributed by atoms with Crippen LogP contribution in [0.3, 0.4) is 0 Å². The molecule has 0 bridgehead atoms. The van der Waals surface area contributed by atoms with Gasteiger partial charge in [0, 0.05) is 6.20 Å². The van der Waals surface area contributed by atoms with Crippen molar-refractivity contribution in [2.24, 2.45) is 0 Å². The van der Waals surface area contributed by atoms with E-state index in [1.165, 1.54) is 12.4 Å². The Bertz CT molecular complexity index is 811. The highest BCUT2D eigenvalue weighted by atomic mass is 35.5. The number of aromatic nitrogens is 3. The molecule has 0 saturated heterocycles. The molecule has 0 radical (unpaired) electrons. The van der Waals surface area contributed by atoms with Gasteiger partial charge in [-0.15, -0.1) is 0 Å². The maximum atomic E-state index is 12.2. The van der Waals surface area contributed by atoms with E-state index in [-0.39, 0.29) is 5.91 Å². The Kier molecular flexibility index (Phi) is 3.89. The standard InChI is InChI=1S/C16H13ClN4O/c1-11-4-2-3-5-14(11)21-10-12(8-19-21)16(22)20-13-6-7-15(17)18-9-13/h2-10H,1H3,(H,20,22). The summed E-state index contributed by atoms with van der Waals surface area (Å²) >= 11 is 5.71. The number of hydrogen-bond acceptors (Lipinski definition) is 3. The van der Waals surface area contributed by atoms with E-state index in [1.54, 1.807) is 23.0 Å². The SMILES string of the molecule is Cc1ccccc1-n1cc(C(=O)Nc2ccc(Cl)nc2)cn1. The van der Waals surface area contributed by atoms with E-state index < -0.39 is 0 Å². The third-order valence-corrected chi connectivity index (χ3v) is 3.42. The number of rotatable bonds is 3. The van der Waals surface area contributed by atoms with E-state index in [0.717, 1.165) is 11.3 Å². The minimum absolute atomic E-state index is 0.246. The molecular weight excluding hydrogens is 300 g/mol. The lowest BCUT2D eigenvalue weighted by Gasteiger charge is -2.04. The average Bonchev–Trinajstić information content (AvgIpc) is 3.00. The summed E-state index contributed by atoms with van der Waals surface area (Å²) in [6.45, 7) is 2.00. The van der Waals surface area contributed by atoms with E-state index in [9.17, 15) is 4.79 Å². The second-order valence-electron chi connectivity index (χ2n) is 4.78. The minimum atomic E-state index is -0.246. The number of hydrogen-bond donors (Lipinski definition) is 1. The number of carbonyl (C=O) groups excluding carboxylic acids is 1. The Labute approximate surface area is 132 Å². The minimum Gasteiger partial charge on any atom is -0.320 e. The summed E-state index contributed by atoms with van der Waals surface area (Å²) in [7, 11) is 0. The van der Waals surface area contributed by atoms with Gasteiger partial charge in [-0.2, -0.15) is 5.10 Å². The summed E-state index contributed by atoms with van der Waals surface area (Å²) < 4.78 is 1.68. The number of benzene rings is 1. The summed E-state index contributed by atoms with van der Waals surface area (Å²) in [5, 5.41) is 7.37. The van der Waals surface area contributed by atoms with Gasteiger partial charge in [0.25, 0.3) is 5.91 Å². The van der Waals surface area contributed by atoms with Crippen molar-refractivity contribution < 1.29 is 4.79 Å². The van der Waals surface area contributed by atoms with Gasteiger partial charge in [-0.3, -0.25) is 4.79 Å². The molecule has 1 aromatic carbocycles. The van der Waals surface area contributed by atoms with E-state index in [1.807, 2.05) is 31.2 Å². The number of nitrogens with one attached hydrogen (secondary N) is 1. The third kappa shape index (κ3) is 2.99. The van der Waals surface area contributed by atoms with Crippen molar-refractivity contribution >= 4 is 23.2 Å². The summed E-state index contributed by atoms with van der Waals surface area (Å²) in [4.78, 5) is 16.1. The molecule has 3 rings (SSSR count). The first kappa shape index (κ1) is 14.3. The number of amides is 1. The highest BCUT2D eigenvalue weighted by molar-refractivity contribution is 6.29. The van der Waals surface area contributed by atoms with Gasteiger partial charge in [-0.05, 0) is 30.7 Å². The van der Waals surface area contributed by atoms with Gasteiger partial charge in [-0.1, -0.05) is 29.8 Å². The fourth-order valence-corrected chi connectivity index (χ4v) is 2.16. The highest BCUT2D eigenvalue weighted by Crippen LogP contribution is 2.15. The Morgan fingerprint density at radius 1 is 1.18 bits per heavy atom. The van der Waals surface area contributed by atoms with Crippen LogP contribution in [0.5, 0.6) is 0 Å². The molecule has 1 amide bonds.